The van der Waals surface area contributed by atoms with Crippen molar-refractivity contribution in [1.82, 2.24) is 0 Å². The molecule has 0 N–H and O–H groups in total. The summed E-state index contributed by atoms with van der Waals surface area (Å²) in [5.74, 6) is 0.454. The van der Waals surface area contributed by atoms with E-state index >= 15 is 0 Å². The van der Waals surface area contributed by atoms with Gasteiger partial charge in [-0.25, -0.2) is 0 Å². The minimum absolute atomic E-state index is 0.168. The van der Waals surface area contributed by atoms with Crippen molar-refractivity contribution in [3.05, 3.63) is 58.3 Å². The second-order valence-electron chi connectivity index (χ2n) is 4.01. The summed E-state index contributed by atoms with van der Waals surface area (Å²) in [6, 6.07) is 10.6. The van der Waals surface area contributed by atoms with Crippen LogP contribution in [0.3, 0.4) is 0 Å². The normalized spacial score (nSPS) is 17.2. The highest BCUT2D eigenvalue weighted by atomic mass is 35.5. The summed E-state index contributed by atoms with van der Waals surface area (Å²) in [4.78, 5) is 14.4. The van der Waals surface area contributed by atoms with E-state index in [1.165, 1.54) is 16.7 Å². The Hall–Kier alpha value is -1.56. The number of furan rings is 1. The quantitative estimate of drug-likeness (QED) is 0.608. The van der Waals surface area contributed by atoms with E-state index in [0.717, 1.165) is 0 Å². The second kappa shape index (κ2) is 5.44. The lowest BCUT2D eigenvalue weighted by atomic mass is 10.3. The average molecular weight is 322 g/mol. The van der Waals surface area contributed by atoms with Crippen LogP contribution in [0.4, 0.5) is 5.69 Å². The zero-order valence-electron chi connectivity index (χ0n) is 10.1. The summed E-state index contributed by atoms with van der Waals surface area (Å²) in [6.45, 7) is 0. The van der Waals surface area contributed by atoms with E-state index in [0.29, 0.717) is 25.7 Å². The Labute approximate surface area is 130 Å². The largest absolute Gasteiger partial charge is 0.465 e. The summed E-state index contributed by atoms with van der Waals surface area (Å²) >= 11 is 12.5. The molecule has 0 bridgehead atoms. The molecule has 20 heavy (non-hydrogen) atoms. The van der Waals surface area contributed by atoms with E-state index in [1.807, 2.05) is 0 Å². The summed E-state index contributed by atoms with van der Waals surface area (Å²) in [5, 5.41) is 0.562. The van der Waals surface area contributed by atoms with Crippen molar-refractivity contribution >= 4 is 57.6 Å². The zero-order valence-corrected chi connectivity index (χ0v) is 12.5. The predicted octanol–water partition coefficient (Wildman–Crippen LogP) is 4.34. The van der Waals surface area contributed by atoms with Crippen molar-refractivity contribution in [2.45, 2.75) is 0 Å². The first-order chi connectivity index (χ1) is 9.65. The predicted molar refractivity (Wildman–Crippen MR) is 85.8 cm³/mol. The third-order valence-electron chi connectivity index (χ3n) is 2.68. The molecule has 1 aliphatic rings. The summed E-state index contributed by atoms with van der Waals surface area (Å²) in [5.41, 5.74) is 0.669. The van der Waals surface area contributed by atoms with Gasteiger partial charge < -0.3 is 4.42 Å². The Morgan fingerprint density at radius 3 is 2.85 bits per heavy atom. The lowest BCUT2D eigenvalue weighted by Gasteiger charge is -2.14. The fourth-order valence-corrected chi connectivity index (χ4v) is 3.27. The fraction of sp³-hybridized carbons (Fsp3) is 0. The Morgan fingerprint density at radius 1 is 1.30 bits per heavy atom. The van der Waals surface area contributed by atoms with E-state index in [9.17, 15) is 4.79 Å². The average Bonchev–Trinajstić information content (AvgIpc) is 2.99. The van der Waals surface area contributed by atoms with Crippen LogP contribution in [-0.2, 0) is 4.79 Å². The van der Waals surface area contributed by atoms with Crippen LogP contribution in [0.2, 0.25) is 5.02 Å². The van der Waals surface area contributed by atoms with Gasteiger partial charge in [0, 0.05) is 11.1 Å². The maximum atomic E-state index is 12.4. The molecule has 1 fully saturated rings. The Balaban J connectivity index is 1.95. The number of carbonyl (C=O) groups excluding carboxylic acids is 1. The van der Waals surface area contributed by atoms with Crippen molar-refractivity contribution in [2.75, 3.05) is 4.90 Å². The molecule has 0 saturated carbocycles. The van der Waals surface area contributed by atoms with Crippen LogP contribution in [0.1, 0.15) is 5.76 Å². The number of hydrogen-bond donors (Lipinski definition) is 0. The first kappa shape index (κ1) is 13.4. The van der Waals surface area contributed by atoms with Crippen LogP contribution in [0.25, 0.3) is 6.08 Å². The van der Waals surface area contributed by atoms with Gasteiger partial charge in [-0.15, -0.1) is 0 Å². The lowest BCUT2D eigenvalue weighted by Crippen LogP contribution is -2.27. The number of amides is 1. The number of anilines is 1. The van der Waals surface area contributed by atoms with Gasteiger partial charge in [0.1, 0.15) is 5.76 Å². The van der Waals surface area contributed by atoms with Crippen LogP contribution in [-0.4, -0.2) is 10.2 Å². The number of hydrogen-bond acceptors (Lipinski definition) is 4. The van der Waals surface area contributed by atoms with Crippen molar-refractivity contribution in [1.29, 1.82) is 0 Å². The number of halogens is 1. The highest BCUT2D eigenvalue weighted by Crippen LogP contribution is 2.36. The molecule has 3 rings (SSSR count). The number of rotatable bonds is 2. The molecule has 0 radical (unpaired) electrons. The van der Waals surface area contributed by atoms with Gasteiger partial charge in [0.15, 0.2) is 4.32 Å². The monoisotopic (exact) mass is 321 g/mol. The van der Waals surface area contributed by atoms with Crippen LogP contribution < -0.4 is 4.90 Å². The van der Waals surface area contributed by atoms with E-state index in [4.69, 9.17) is 28.2 Å². The molecule has 3 nitrogen and oxygen atoms in total. The summed E-state index contributed by atoms with van der Waals surface area (Å²) < 4.78 is 5.70. The number of thioether (sulfide) groups is 1. The molecule has 1 aromatic carbocycles. The van der Waals surface area contributed by atoms with Gasteiger partial charge in [-0.05, 0) is 30.3 Å². The first-order valence-corrected chi connectivity index (χ1v) is 7.32. The fourth-order valence-electron chi connectivity index (χ4n) is 1.81. The molecule has 0 spiro atoms. The molecule has 0 atom stereocenters. The topological polar surface area (TPSA) is 33.5 Å². The van der Waals surface area contributed by atoms with Gasteiger partial charge in [0.25, 0.3) is 5.91 Å². The highest BCUT2D eigenvalue weighted by Gasteiger charge is 2.33. The van der Waals surface area contributed by atoms with Crippen LogP contribution in [0.5, 0.6) is 0 Å². The van der Waals surface area contributed by atoms with Crippen molar-refractivity contribution in [2.24, 2.45) is 0 Å². The van der Waals surface area contributed by atoms with Gasteiger partial charge >= 0.3 is 0 Å². The zero-order chi connectivity index (χ0) is 14.1. The summed E-state index contributed by atoms with van der Waals surface area (Å²) in [7, 11) is 0. The Morgan fingerprint density at radius 2 is 2.15 bits per heavy atom. The highest BCUT2D eigenvalue weighted by molar-refractivity contribution is 8.27. The van der Waals surface area contributed by atoms with E-state index < -0.39 is 0 Å². The van der Waals surface area contributed by atoms with E-state index in [-0.39, 0.29) is 5.91 Å². The SMILES string of the molecule is O=C1/C(=C/c2ccco2)SC(=S)N1c1cccc(Cl)c1. The number of carbonyl (C=O) groups is 1. The Bertz CT molecular complexity index is 710. The van der Waals surface area contributed by atoms with Crippen molar-refractivity contribution in [3.8, 4) is 0 Å². The van der Waals surface area contributed by atoms with Crippen LogP contribution in [0, 0.1) is 0 Å². The molecule has 6 heteroatoms. The molecule has 0 unspecified atom stereocenters. The molecule has 100 valence electrons. The van der Waals surface area contributed by atoms with Crippen LogP contribution >= 0.6 is 35.6 Å². The van der Waals surface area contributed by atoms with Gasteiger partial charge in [0.2, 0.25) is 0 Å². The van der Waals surface area contributed by atoms with Crippen LogP contribution in [0.15, 0.2) is 52.0 Å². The van der Waals surface area contributed by atoms with Gasteiger partial charge in [-0.1, -0.05) is 41.6 Å². The smallest absolute Gasteiger partial charge is 0.270 e. The molecule has 1 amide bonds. The molecule has 0 aliphatic carbocycles. The number of nitrogens with zero attached hydrogens (tertiary/aromatic N) is 1. The molecular formula is C14H8ClNO2S2. The number of benzene rings is 1. The number of thiocarbonyl (C=S) groups is 1. The minimum Gasteiger partial charge on any atom is -0.465 e. The minimum atomic E-state index is -0.168. The molecule has 2 aromatic rings. The van der Waals surface area contributed by atoms with E-state index in [1.54, 1.807) is 48.7 Å². The van der Waals surface area contributed by atoms with Crippen molar-refractivity contribution < 1.29 is 9.21 Å². The molecule has 1 saturated heterocycles. The molecule has 2 heterocycles. The van der Waals surface area contributed by atoms with E-state index in [2.05, 4.69) is 0 Å². The molecular weight excluding hydrogens is 314 g/mol. The maximum absolute atomic E-state index is 12.4. The summed E-state index contributed by atoms with van der Waals surface area (Å²) in [6.07, 6.45) is 3.24. The second-order valence-corrected chi connectivity index (χ2v) is 6.12. The first-order valence-electron chi connectivity index (χ1n) is 5.72. The van der Waals surface area contributed by atoms with Gasteiger partial charge in [0.05, 0.1) is 16.9 Å². The lowest BCUT2D eigenvalue weighted by molar-refractivity contribution is -0.113. The van der Waals surface area contributed by atoms with Gasteiger partial charge in [-0.2, -0.15) is 0 Å². The molecule has 1 aliphatic heterocycles. The maximum Gasteiger partial charge on any atom is 0.270 e. The Kier molecular flexibility index (Phi) is 3.65. The third-order valence-corrected chi connectivity index (χ3v) is 4.21. The molecule has 1 aromatic heterocycles. The third kappa shape index (κ3) is 2.52. The standard InChI is InChI=1S/C14H8ClNO2S2/c15-9-3-1-4-10(7-9)16-13(17)12(20-14(16)19)8-11-5-2-6-18-11/h1-8H/b12-8-. The van der Waals surface area contributed by atoms with Crippen molar-refractivity contribution in [3.63, 3.8) is 0 Å². The van der Waals surface area contributed by atoms with Gasteiger partial charge in [-0.3, -0.25) is 9.69 Å².